The fourth-order valence-corrected chi connectivity index (χ4v) is 1.95. The lowest BCUT2D eigenvalue weighted by molar-refractivity contribution is 0.0670. The summed E-state index contributed by atoms with van der Waals surface area (Å²) in [6.45, 7) is 2.11. The predicted molar refractivity (Wildman–Crippen MR) is 57.8 cm³/mol. The molecule has 0 aromatic heterocycles. The van der Waals surface area contributed by atoms with Gasteiger partial charge in [-0.05, 0) is 36.5 Å². The third-order valence-electron chi connectivity index (χ3n) is 3.01. The maximum absolute atomic E-state index is 13.0. The number of halogens is 1. The molecule has 0 spiro atoms. The topological polar surface area (TPSA) is 20.2 Å². The standard InChI is InChI=1S/C13H15FO/c1-10-5-7-13(15,8-6-10)11-3-2-4-12(14)9-11/h2-5,7,9-10,15H,6,8H2,1H3. The van der Waals surface area contributed by atoms with Crippen LogP contribution in [0.3, 0.4) is 0 Å². The highest BCUT2D eigenvalue weighted by atomic mass is 19.1. The highest BCUT2D eigenvalue weighted by molar-refractivity contribution is 5.29. The molecule has 1 aliphatic carbocycles. The van der Waals surface area contributed by atoms with E-state index in [1.54, 1.807) is 18.2 Å². The average molecular weight is 206 g/mol. The van der Waals surface area contributed by atoms with Crippen LogP contribution in [-0.4, -0.2) is 5.11 Å². The van der Waals surface area contributed by atoms with E-state index in [0.29, 0.717) is 17.9 Å². The Kier molecular flexibility index (Phi) is 2.61. The Morgan fingerprint density at radius 3 is 2.87 bits per heavy atom. The van der Waals surface area contributed by atoms with Crippen molar-refractivity contribution in [1.29, 1.82) is 0 Å². The third kappa shape index (κ3) is 2.10. The van der Waals surface area contributed by atoms with Crippen molar-refractivity contribution in [3.8, 4) is 0 Å². The molecule has 2 atom stereocenters. The first kappa shape index (κ1) is 10.4. The van der Waals surface area contributed by atoms with Crippen molar-refractivity contribution in [1.82, 2.24) is 0 Å². The molecular formula is C13H15FO. The molecule has 0 bridgehead atoms. The van der Waals surface area contributed by atoms with Crippen LogP contribution in [0.15, 0.2) is 36.4 Å². The molecule has 0 amide bonds. The molecule has 0 radical (unpaired) electrons. The first-order valence-corrected chi connectivity index (χ1v) is 5.28. The Bertz CT molecular complexity index is 386. The highest BCUT2D eigenvalue weighted by Crippen LogP contribution is 2.34. The summed E-state index contributed by atoms with van der Waals surface area (Å²) in [5, 5.41) is 10.3. The van der Waals surface area contributed by atoms with Gasteiger partial charge in [0.15, 0.2) is 0 Å². The molecule has 1 aromatic carbocycles. The van der Waals surface area contributed by atoms with Crippen molar-refractivity contribution in [2.75, 3.05) is 0 Å². The Morgan fingerprint density at radius 2 is 2.27 bits per heavy atom. The van der Waals surface area contributed by atoms with Crippen LogP contribution in [0, 0.1) is 11.7 Å². The molecule has 0 fully saturated rings. The maximum atomic E-state index is 13.0. The van der Waals surface area contributed by atoms with E-state index in [-0.39, 0.29) is 5.82 Å². The Labute approximate surface area is 89.3 Å². The van der Waals surface area contributed by atoms with Gasteiger partial charge in [-0.25, -0.2) is 4.39 Å². The largest absolute Gasteiger partial charge is 0.381 e. The molecule has 0 aliphatic heterocycles. The molecule has 1 N–H and O–H groups in total. The Hall–Kier alpha value is -1.15. The number of hydrogen-bond acceptors (Lipinski definition) is 1. The summed E-state index contributed by atoms with van der Waals surface area (Å²) in [6.07, 6.45) is 5.38. The molecule has 2 unspecified atom stereocenters. The zero-order valence-corrected chi connectivity index (χ0v) is 8.78. The van der Waals surface area contributed by atoms with Gasteiger partial charge in [-0.2, -0.15) is 0 Å². The molecule has 15 heavy (non-hydrogen) atoms. The molecule has 0 heterocycles. The summed E-state index contributed by atoms with van der Waals surface area (Å²) >= 11 is 0. The first-order valence-electron chi connectivity index (χ1n) is 5.28. The van der Waals surface area contributed by atoms with Gasteiger partial charge < -0.3 is 5.11 Å². The number of benzene rings is 1. The quantitative estimate of drug-likeness (QED) is 0.700. The smallest absolute Gasteiger partial charge is 0.123 e. The third-order valence-corrected chi connectivity index (χ3v) is 3.01. The Balaban J connectivity index is 2.34. The van der Waals surface area contributed by atoms with E-state index < -0.39 is 5.60 Å². The normalized spacial score (nSPS) is 30.5. The van der Waals surface area contributed by atoms with Gasteiger partial charge in [0.2, 0.25) is 0 Å². The monoisotopic (exact) mass is 206 g/mol. The van der Waals surface area contributed by atoms with Crippen molar-refractivity contribution in [3.05, 3.63) is 47.8 Å². The van der Waals surface area contributed by atoms with Crippen molar-refractivity contribution < 1.29 is 9.50 Å². The van der Waals surface area contributed by atoms with E-state index in [4.69, 9.17) is 0 Å². The van der Waals surface area contributed by atoms with Crippen LogP contribution < -0.4 is 0 Å². The van der Waals surface area contributed by atoms with Crippen molar-refractivity contribution >= 4 is 0 Å². The second kappa shape index (κ2) is 3.78. The van der Waals surface area contributed by atoms with Gasteiger partial charge in [0, 0.05) is 0 Å². The second-order valence-corrected chi connectivity index (χ2v) is 4.31. The van der Waals surface area contributed by atoms with Crippen LogP contribution in [-0.2, 0) is 5.60 Å². The van der Waals surface area contributed by atoms with E-state index in [1.165, 1.54) is 12.1 Å². The Morgan fingerprint density at radius 1 is 1.47 bits per heavy atom. The van der Waals surface area contributed by atoms with Crippen molar-refractivity contribution in [2.24, 2.45) is 5.92 Å². The first-order chi connectivity index (χ1) is 7.10. The summed E-state index contributed by atoms with van der Waals surface area (Å²) in [6, 6.07) is 6.19. The maximum Gasteiger partial charge on any atom is 0.123 e. The number of allylic oxidation sites excluding steroid dienone is 1. The molecule has 2 rings (SSSR count). The number of hydrogen-bond donors (Lipinski definition) is 1. The van der Waals surface area contributed by atoms with Gasteiger partial charge in [-0.1, -0.05) is 31.2 Å². The molecular weight excluding hydrogens is 191 g/mol. The van der Waals surface area contributed by atoms with Crippen LogP contribution in [0.1, 0.15) is 25.3 Å². The fraction of sp³-hybridized carbons (Fsp3) is 0.385. The molecule has 2 heteroatoms. The van der Waals surface area contributed by atoms with Crippen LogP contribution in [0.5, 0.6) is 0 Å². The summed E-state index contributed by atoms with van der Waals surface area (Å²) in [4.78, 5) is 0. The molecule has 1 aliphatic rings. The van der Waals surface area contributed by atoms with Crippen molar-refractivity contribution in [2.45, 2.75) is 25.4 Å². The van der Waals surface area contributed by atoms with Gasteiger partial charge in [-0.15, -0.1) is 0 Å². The SMILES string of the molecule is CC1C=CC(O)(c2cccc(F)c2)CC1. The predicted octanol–water partition coefficient (Wildman–Crippen LogP) is 3.00. The molecule has 0 saturated heterocycles. The summed E-state index contributed by atoms with van der Waals surface area (Å²) in [5.41, 5.74) is -0.333. The van der Waals surface area contributed by atoms with E-state index in [0.717, 1.165) is 6.42 Å². The number of aliphatic hydroxyl groups is 1. The minimum atomic E-state index is -0.978. The van der Waals surface area contributed by atoms with Gasteiger partial charge in [0.1, 0.15) is 11.4 Å². The van der Waals surface area contributed by atoms with Gasteiger partial charge in [0.25, 0.3) is 0 Å². The van der Waals surface area contributed by atoms with Crippen LogP contribution in [0.2, 0.25) is 0 Å². The molecule has 0 saturated carbocycles. The van der Waals surface area contributed by atoms with Gasteiger partial charge >= 0.3 is 0 Å². The van der Waals surface area contributed by atoms with Gasteiger partial charge in [-0.3, -0.25) is 0 Å². The molecule has 1 nitrogen and oxygen atoms in total. The minimum Gasteiger partial charge on any atom is -0.381 e. The summed E-state index contributed by atoms with van der Waals surface area (Å²) in [5.74, 6) is 0.201. The van der Waals surface area contributed by atoms with Crippen molar-refractivity contribution in [3.63, 3.8) is 0 Å². The lowest BCUT2D eigenvalue weighted by Gasteiger charge is -2.30. The zero-order chi connectivity index (χ0) is 10.9. The lowest BCUT2D eigenvalue weighted by atomic mass is 9.81. The summed E-state index contributed by atoms with van der Waals surface area (Å²) < 4.78 is 13.0. The van der Waals surface area contributed by atoms with E-state index in [2.05, 4.69) is 6.92 Å². The summed E-state index contributed by atoms with van der Waals surface area (Å²) in [7, 11) is 0. The van der Waals surface area contributed by atoms with Gasteiger partial charge in [0.05, 0.1) is 0 Å². The fourth-order valence-electron chi connectivity index (χ4n) is 1.95. The zero-order valence-electron chi connectivity index (χ0n) is 8.78. The lowest BCUT2D eigenvalue weighted by Crippen LogP contribution is -2.26. The minimum absolute atomic E-state index is 0.298. The van der Waals surface area contributed by atoms with Crippen LogP contribution in [0.25, 0.3) is 0 Å². The van der Waals surface area contributed by atoms with E-state index in [9.17, 15) is 9.50 Å². The average Bonchev–Trinajstić information content (AvgIpc) is 2.23. The van der Waals surface area contributed by atoms with E-state index in [1.807, 2.05) is 6.08 Å². The highest BCUT2D eigenvalue weighted by Gasteiger charge is 2.29. The molecule has 80 valence electrons. The van der Waals surface area contributed by atoms with Crippen LogP contribution >= 0.6 is 0 Å². The second-order valence-electron chi connectivity index (χ2n) is 4.31. The molecule has 1 aromatic rings. The van der Waals surface area contributed by atoms with Crippen LogP contribution in [0.4, 0.5) is 4.39 Å². The van der Waals surface area contributed by atoms with E-state index >= 15 is 0 Å². The number of rotatable bonds is 1.